The Kier molecular flexibility index (Phi) is 5.08. The van der Waals surface area contributed by atoms with Crippen LogP contribution in [0, 0.1) is 12.8 Å². The van der Waals surface area contributed by atoms with Gasteiger partial charge in [-0.3, -0.25) is 0 Å². The third-order valence-electron chi connectivity index (χ3n) is 3.95. The van der Waals surface area contributed by atoms with E-state index in [-0.39, 0.29) is 13.0 Å². The van der Waals surface area contributed by atoms with E-state index in [9.17, 15) is 13.2 Å². The Hall–Kier alpha value is -1.30. The highest BCUT2D eigenvalue weighted by molar-refractivity contribution is 5.42. The predicted molar refractivity (Wildman–Crippen MR) is 77.3 cm³/mol. The topological polar surface area (TPSA) is 28.2 Å². The van der Waals surface area contributed by atoms with Crippen LogP contribution in [0.4, 0.5) is 19.0 Å². The molecular formula is C15H22F3N3. The number of hydrogen-bond donors (Lipinski definition) is 1. The molecule has 1 saturated heterocycles. The number of aryl methyl sites for hydroxylation is 1. The summed E-state index contributed by atoms with van der Waals surface area (Å²) in [5.74, 6) is -0.587. The molecule has 0 bridgehead atoms. The number of piperidine rings is 1. The van der Waals surface area contributed by atoms with E-state index in [0.29, 0.717) is 18.8 Å². The minimum Gasteiger partial charge on any atom is -0.356 e. The van der Waals surface area contributed by atoms with Crippen molar-refractivity contribution in [2.24, 2.45) is 5.92 Å². The summed E-state index contributed by atoms with van der Waals surface area (Å²) in [7, 11) is 0. The fourth-order valence-electron chi connectivity index (χ4n) is 2.65. The molecular weight excluding hydrogens is 279 g/mol. The monoisotopic (exact) mass is 301 g/mol. The first-order valence-electron chi connectivity index (χ1n) is 7.40. The van der Waals surface area contributed by atoms with Gasteiger partial charge in [-0.25, -0.2) is 4.98 Å². The highest BCUT2D eigenvalue weighted by Gasteiger charge is 2.42. The van der Waals surface area contributed by atoms with Gasteiger partial charge < -0.3 is 10.2 Å². The molecule has 1 N–H and O–H groups in total. The molecule has 0 spiro atoms. The summed E-state index contributed by atoms with van der Waals surface area (Å²) in [6, 6.07) is 3.79. The number of nitrogens with zero attached hydrogens (tertiary/aromatic N) is 2. The first-order chi connectivity index (χ1) is 9.91. The van der Waals surface area contributed by atoms with Gasteiger partial charge in [0, 0.05) is 25.3 Å². The molecule has 2 heterocycles. The van der Waals surface area contributed by atoms with Gasteiger partial charge in [-0.05, 0) is 37.9 Å². The lowest BCUT2D eigenvalue weighted by atomic mass is 9.97. The van der Waals surface area contributed by atoms with Gasteiger partial charge in [0.25, 0.3) is 0 Å². The van der Waals surface area contributed by atoms with E-state index in [2.05, 4.69) is 10.3 Å². The Morgan fingerprint density at radius 1 is 1.38 bits per heavy atom. The fourth-order valence-corrected chi connectivity index (χ4v) is 2.65. The van der Waals surface area contributed by atoms with Crippen molar-refractivity contribution in [2.45, 2.75) is 39.4 Å². The highest BCUT2D eigenvalue weighted by atomic mass is 19.4. The Bertz CT molecular complexity index is 474. The second-order valence-corrected chi connectivity index (χ2v) is 5.52. The average molecular weight is 301 g/mol. The van der Waals surface area contributed by atoms with Crippen LogP contribution in [-0.4, -0.2) is 30.8 Å². The van der Waals surface area contributed by atoms with Crippen LogP contribution in [0.15, 0.2) is 12.1 Å². The summed E-state index contributed by atoms with van der Waals surface area (Å²) in [6.45, 7) is 6.21. The lowest BCUT2D eigenvalue weighted by Crippen LogP contribution is -2.42. The molecule has 0 aliphatic carbocycles. The number of pyridine rings is 1. The number of halogens is 3. The molecule has 21 heavy (non-hydrogen) atoms. The van der Waals surface area contributed by atoms with E-state index in [1.807, 2.05) is 26.0 Å². The van der Waals surface area contributed by atoms with Crippen molar-refractivity contribution in [3.05, 3.63) is 23.4 Å². The molecule has 1 aromatic heterocycles. The fraction of sp³-hybridized carbons (Fsp3) is 0.667. The molecule has 1 unspecified atom stereocenters. The maximum absolute atomic E-state index is 12.9. The van der Waals surface area contributed by atoms with Crippen LogP contribution in [0.1, 0.15) is 31.0 Å². The molecule has 3 nitrogen and oxygen atoms in total. The van der Waals surface area contributed by atoms with E-state index in [4.69, 9.17) is 0 Å². The van der Waals surface area contributed by atoms with Crippen LogP contribution < -0.4 is 10.2 Å². The van der Waals surface area contributed by atoms with Crippen molar-refractivity contribution < 1.29 is 13.2 Å². The van der Waals surface area contributed by atoms with Gasteiger partial charge in [-0.15, -0.1) is 0 Å². The zero-order chi connectivity index (χ0) is 15.5. The SMILES string of the molecule is CCNCc1ccc(N2CCCC(C(F)(F)F)C2)nc1C. The second-order valence-electron chi connectivity index (χ2n) is 5.52. The third kappa shape index (κ3) is 4.09. The van der Waals surface area contributed by atoms with Crippen molar-refractivity contribution in [2.75, 3.05) is 24.5 Å². The van der Waals surface area contributed by atoms with Gasteiger partial charge in [0.15, 0.2) is 0 Å². The van der Waals surface area contributed by atoms with Crippen LogP contribution in [0.3, 0.4) is 0 Å². The normalized spacial score (nSPS) is 19.9. The van der Waals surface area contributed by atoms with E-state index in [1.54, 1.807) is 4.90 Å². The number of nitrogens with one attached hydrogen (secondary N) is 1. The van der Waals surface area contributed by atoms with Gasteiger partial charge >= 0.3 is 6.18 Å². The van der Waals surface area contributed by atoms with Gasteiger partial charge in [0.2, 0.25) is 0 Å². The maximum atomic E-state index is 12.9. The third-order valence-corrected chi connectivity index (χ3v) is 3.95. The Balaban J connectivity index is 2.09. The summed E-state index contributed by atoms with van der Waals surface area (Å²) in [5.41, 5.74) is 1.97. The van der Waals surface area contributed by atoms with Crippen molar-refractivity contribution in [1.29, 1.82) is 0 Å². The summed E-state index contributed by atoms with van der Waals surface area (Å²) >= 11 is 0. The molecule has 2 rings (SSSR count). The van der Waals surface area contributed by atoms with Gasteiger partial charge in [-0.2, -0.15) is 13.2 Å². The minimum atomic E-state index is -4.11. The molecule has 0 aromatic carbocycles. The first-order valence-corrected chi connectivity index (χ1v) is 7.40. The highest BCUT2D eigenvalue weighted by Crippen LogP contribution is 2.34. The summed E-state index contributed by atoms with van der Waals surface area (Å²) in [6.07, 6.45) is -3.33. The molecule has 1 aliphatic rings. The van der Waals surface area contributed by atoms with E-state index in [1.165, 1.54) is 0 Å². The molecule has 1 fully saturated rings. The summed E-state index contributed by atoms with van der Waals surface area (Å²) in [4.78, 5) is 6.24. The molecule has 0 amide bonds. The smallest absolute Gasteiger partial charge is 0.356 e. The Labute approximate surface area is 123 Å². The van der Waals surface area contributed by atoms with Crippen LogP contribution >= 0.6 is 0 Å². The largest absolute Gasteiger partial charge is 0.393 e. The maximum Gasteiger partial charge on any atom is 0.393 e. The van der Waals surface area contributed by atoms with Gasteiger partial charge in [0.05, 0.1) is 5.92 Å². The first kappa shape index (κ1) is 16.1. The van der Waals surface area contributed by atoms with Crippen molar-refractivity contribution in [1.82, 2.24) is 10.3 Å². The van der Waals surface area contributed by atoms with E-state index >= 15 is 0 Å². The number of hydrogen-bond acceptors (Lipinski definition) is 3. The number of aromatic nitrogens is 1. The van der Waals surface area contributed by atoms with Crippen LogP contribution in [0.2, 0.25) is 0 Å². The number of alkyl halides is 3. The van der Waals surface area contributed by atoms with Crippen LogP contribution in [-0.2, 0) is 6.54 Å². The van der Waals surface area contributed by atoms with Gasteiger partial charge in [0.1, 0.15) is 5.82 Å². The van der Waals surface area contributed by atoms with Crippen molar-refractivity contribution >= 4 is 5.82 Å². The summed E-state index contributed by atoms with van der Waals surface area (Å²) < 4.78 is 38.6. The Morgan fingerprint density at radius 2 is 2.14 bits per heavy atom. The lowest BCUT2D eigenvalue weighted by Gasteiger charge is -2.34. The quantitative estimate of drug-likeness (QED) is 0.925. The zero-order valence-corrected chi connectivity index (χ0v) is 12.5. The molecule has 6 heteroatoms. The number of anilines is 1. The molecule has 118 valence electrons. The summed E-state index contributed by atoms with van der Waals surface area (Å²) in [5, 5.41) is 3.23. The molecule has 0 radical (unpaired) electrons. The lowest BCUT2D eigenvalue weighted by molar-refractivity contribution is -0.176. The molecule has 1 aromatic rings. The Morgan fingerprint density at radius 3 is 2.76 bits per heavy atom. The van der Waals surface area contributed by atoms with E-state index in [0.717, 1.165) is 24.3 Å². The van der Waals surface area contributed by atoms with E-state index < -0.39 is 12.1 Å². The van der Waals surface area contributed by atoms with Crippen molar-refractivity contribution in [3.8, 4) is 0 Å². The zero-order valence-electron chi connectivity index (χ0n) is 12.5. The van der Waals surface area contributed by atoms with Crippen molar-refractivity contribution in [3.63, 3.8) is 0 Å². The molecule has 1 atom stereocenters. The minimum absolute atomic E-state index is 0.0164. The molecule has 0 saturated carbocycles. The second kappa shape index (κ2) is 6.64. The standard InChI is InChI=1S/C15H22F3N3/c1-3-19-9-12-6-7-14(20-11(12)2)21-8-4-5-13(10-21)15(16,17)18/h6-7,13,19H,3-5,8-10H2,1-2H3. The van der Waals surface area contributed by atoms with Crippen LogP contribution in [0.25, 0.3) is 0 Å². The molecule has 1 aliphatic heterocycles. The van der Waals surface area contributed by atoms with Crippen LogP contribution in [0.5, 0.6) is 0 Å². The predicted octanol–water partition coefficient (Wildman–Crippen LogP) is 3.28. The van der Waals surface area contributed by atoms with Gasteiger partial charge in [-0.1, -0.05) is 13.0 Å². The average Bonchev–Trinajstić information content (AvgIpc) is 2.45. The number of rotatable bonds is 4.